The summed E-state index contributed by atoms with van der Waals surface area (Å²) in [6.07, 6.45) is 3.84. The van der Waals surface area contributed by atoms with Crippen LogP contribution in [0.2, 0.25) is 0 Å². The minimum atomic E-state index is -0.902. The highest BCUT2D eigenvalue weighted by Crippen LogP contribution is 2.45. The monoisotopic (exact) mass is 847 g/mol. The molecule has 0 aliphatic carbocycles. The Morgan fingerprint density at radius 1 is 0.919 bits per heavy atom. The van der Waals surface area contributed by atoms with E-state index in [1.807, 2.05) is 36.8 Å². The maximum Gasteiger partial charge on any atom is 0.407 e. The van der Waals surface area contributed by atoms with Crippen molar-refractivity contribution >= 4 is 46.2 Å². The van der Waals surface area contributed by atoms with Gasteiger partial charge in [0.2, 0.25) is 11.8 Å². The number of carbonyl (C=O) groups is 4. The van der Waals surface area contributed by atoms with Gasteiger partial charge in [0.25, 0.3) is 0 Å². The van der Waals surface area contributed by atoms with E-state index in [0.29, 0.717) is 31.3 Å². The van der Waals surface area contributed by atoms with Gasteiger partial charge < -0.3 is 44.4 Å². The normalized spacial score (nSPS) is 21.7. The van der Waals surface area contributed by atoms with E-state index in [-0.39, 0.29) is 35.9 Å². The smallest absolute Gasteiger partial charge is 0.407 e. The number of hydrogen-bond donors (Lipinski definition) is 3. The fourth-order valence-electron chi connectivity index (χ4n) is 9.69. The molecule has 1 aromatic heterocycles. The molecule has 7 atom stereocenters. The van der Waals surface area contributed by atoms with Crippen LogP contribution in [-0.4, -0.2) is 108 Å². The van der Waals surface area contributed by atoms with E-state index >= 15 is 0 Å². The lowest BCUT2D eigenvalue weighted by Crippen LogP contribution is -2.56. The van der Waals surface area contributed by atoms with E-state index in [0.717, 1.165) is 87.1 Å². The summed E-state index contributed by atoms with van der Waals surface area (Å²) in [5, 5.41) is 7.57. The van der Waals surface area contributed by atoms with Crippen LogP contribution in [0.25, 0.3) is 33.2 Å². The molecule has 4 aromatic rings. The molecule has 328 valence electrons. The Morgan fingerprint density at radius 2 is 1.68 bits per heavy atom. The van der Waals surface area contributed by atoms with Crippen LogP contribution in [0.1, 0.15) is 83.3 Å². The number of H-pyrrole nitrogens is 1. The topological polar surface area (TPSA) is 177 Å². The van der Waals surface area contributed by atoms with Gasteiger partial charge in [-0.05, 0) is 102 Å². The van der Waals surface area contributed by atoms with E-state index in [9.17, 15) is 19.2 Å². The number of imidazole rings is 1. The number of hydrogen-bond acceptors (Lipinski definition) is 10. The van der Waals surface area contributed by atoms with Crippen molar-refractivity contribution in [2.75, 3.05) is 27.9 Å². The Hall–Kier alpha value is -5.96. The molecule has 62 heavy (non-hydrogen) atoms. The fourth-order valence-corrected chi connectivity index (χ4v) is 9.69. The number of alkyl carbamates (subject to hydrolysis) is 2. The number of benzene rings is 3. The number of likely N-dealkylation sites (tertiary alicyclic amines) is 2. The summed E-state index contributed by atoms with van der Waals surface area (Å²) in [4.78, 5) is 69.5. The number of amides is 4. The summed E-state index contributed by atoms with van der Waals surface area (Å²) in [5.41, 5.74) is 7.91. The molecule has 8 rings (SSSR count). The average Bonchev–Trinajstić information content (AvgIpc) is 4.11. The quantitative estimate of drug-likeness (QED) is 0.141. The van der Waals surface area contributed by atoms with Crippen LogP contribution < -0.4 is 15.4 Å². The molecular formula is C47H57N7O8. The molecule has 2 fully saturated rings. The summed E-state index contributed by atoms with van der Waals surface area (Å²) in [6.45, 7) is 10.7. The molecule has 15 heteroatoms. The zero-order chi connectivity index (χ0) is 44.0. The Morgan fingerprint density at radius 3 is 2.39 bits per heavy atom. The molecule has 0 unspecified atom stereocenters. The number of aromatic nitrogens is 2. The van der Waals surface area contributed by atoms with Gasteiger partial charge in [-0.25, -0.2) is 14.6 Å². The van der Waals surface area contributed by atoms with Gasteiger partial charge >= 0.3 is 12.2 Å². The summed E-state index contributed by atoms with van der Waals surface area (Å²) in [6, 6.07) is 12.7. The second-order valence-electron chi connectivity index (χ2n) is 17.4. The van der Waals surface area contributed by atoms with E-state index in [1.54, 1.807) is 6.92 Å². The third kappa shape index (κ3) is 7.86. The van der Waals surface area contributed by atoms with Crippen molar-refractivity contribution in [1.82, 2.24) is 30.4 Å². The summed E-state index contributed by atoms with van der Waals surface area (Å²) < 4.78 is 21.6. The zero-order valence-corrected chi connectivity index (χ0v) is 36.7. The second kappa shape index (κ2) is 17.4. The first kappa shape index (κ1) is 42.7. The van der Waals surface area contributed by atoms with Gasteiger partial charge in [0.15, 0.2) is 0 Å². The third-order valence-electron chi connectivity index (χ3n) is 13.3. The molecule has 4 amide bonds. The molecule has 0 bridgehead atoms. The third-order valence-corrected chi connectivity index (χ3v) is 13.3. The maximum atomic E-state index is 14.1. The first-order valence-corrected chi connectivity index (χ1v) is 21.7. The minimum Gasteiger partial charge on any atom is -0.488 e. The summed E-state index contributed by atoms with van der Waals surface area (Å²) in [7, 11) is 4.09. The van der Waals surface area contributed by atoms with Crippen molar-refractivity contribution in [2.45, 2.75) is 110 Å². The average molecular weight is 848 g/mol. The van der Waals surface area contributed by atoms with Gasteiger partial charge in [-0.15, -0.1) is 0 Å². The number of aliphatic imine (C=N–C) groups is 1. The number of nitrogens with one attached hydrogen (secondary N) is 3. The van der Waals surface area contributed by atoms with Crippen molar-refractivity contribution in [2.24, 2.45) is 16.8 Å². The van der Waals surface area contributed by atoms with Gasteiger partial charge in [-0.2, -0.15) is 0 Å². The number of aromatic amines is 1. The number of methoxy groups -OCH3 is 3. The van der Waals surface area contributed by atoms with Crippen LogP contribution in [0, 0.1) is 11.8 Å². The molecular weight excluding hydrogens is 791 g/mol. The van der Waals surface area contributed by atoms with Crippen LogP contribution in [0.3, 0.4) is 0 Å². The predicted octanol–water partition coefficient (Wildman–Crippen LogP) is 7.24. The second-order valence-corrected chi connectivity index (χ2v) is 17.4. The largest absolute Gasteiger partial charge is 0.488 e. The first-order chi connectivity index (χ1) is 29.8. The van der Waals surface area contributed by atoms with Gasteiger partial charge in [0.05, 0.1) is 50.0 Å². The Kier molecular flexibility index (Phi) is 12.0. The van der Waals surface area contributed by atoms with E-state index < -0.39 is 30.4 Å². The van der Waals surface area contributed by atoms with Gasteiger partial charge in [-0.3, -0.25) is 14.6 Å². The Labute approximate surface area is 361 Å². The summed E-state index contributed by atoms with van der Waals surface area (Å²) in [5.74, 6) is 1.33. The molecule has 2 saturated heterocycles. The molecule has 3 aromatic carbocycles. The van der Waals surface area contributed by atoms with Gasteiger partial charge in [0, 0.05) is 37.4 Å². The molecule has 4 aliphatic heterocycles. The highest BCUT2D eigenvalue weighted by Gasteiger charge is 2.44. The lowest BCUT2D eigenvalue weighted by Gasteiger charge is -2.32. The lowest BCUT2D eigenvalue weighted by molar-refractivity contribution is -0.137. The molecule has 0 spiro atoms. The van der Waals surface area contributed by atoms with E-state index in [2.05, 4.69) is 65.0 Å². The molecule has 0 saturated carbocycles. The number of carbonyl (C=O) groups excluding carboxylic acids is 4. The standard InChI is InChI=1S/C47H57N7O8/c1-9-27-16-39(53(22-27)44(55)42(26(5)59-6)52-47(58)61-8)36-19-33-32-20-40-34(18-28(32)12-14-35(33)49-36)31-13-11-29(17-30(31)23-62-40)37-21-48-43(50-37)38-15-10-25(4)54(38)45(56)41(24(2)3)51-46(57)60-7/h11-14,17-18,20-21,24-27,38-39,41-42H,9-10,15-16,19,22-23H2,1-8H3,(H,48,50)(H,51,57)(H,52,58)/t25-,26+,27-,38-,39-,41-,42-/m0/s1. The zero-order valence-electron chi connectivity index (χ0n) is 36.7. The fraction of sp³-hybridized carbons (Fsp3) is 0.489. The van der Waals surface area contributed by atoms with Crippen LogP contribution in [0.15, 0.2) is 53.7 Å². The Bertz CT molecular complexity index is 2430. The van der Waals surface area contributed by atoms with Crippen LogP contribution in [0.5, 0.6) is 5.75 Å². The molecule has 5 heterocycles. The van der Waals surface area contributed by atoms with Gasteiger partial charge in [0.1, 0.15) is 30.3 Å². The highest BCUT2D eigenvalue weighted by molar-refractivity contribution is 6.06. The molecule has 0 radical (unpaired) electrons. The lowest BCUT2D eigenvalue weighted by atomic mass is 9.90. The maximum absolute atomic E-state index is 14.1. The predicted molar refractivity (Wildman–Crippen MR) is 234 cm³/mol. The number of rotatable bonds is 11. The van der Waals surface area contributed by atoms with Crippen LogP contribution in [-0.2, 0) is 36.8 Å². The number of fused-ring (bicyclic) bond motifs is 6. The van der Waals surface area contributed by atoms with Crippen LogP contribution in [0.4, 0.5) is 15.3 Å². The van der Waals surface area contributed by atoms with E-state index in [4.69, 9.17) is 28.9 Å². The van der Waals surface area contributed by atoms with Crippen molar-refractivity contribution in [3.63, 3.8) is 0 Å². The molecule has 15 nitrogen and oxygen atoms in total. The number of nitrogens with zero attached hydrogens (tertiary/aromatic N) is 4. The number of ether oxygens (including phenoxy) is 4. The first-order valence-electron chi connectivity index (χ1n) is 21.7. The van der Waals surface area contributed by atoms with Gasteiger partial charge in [-0.1, -0.05) is 45.4 Å². The molecule has 4 aliphatic rings. The highest BCUT2D eigenvalue weighted by atomic mass is 16.5. The van der Waals surface area contributed by atoms with Crippen molar-refractivity contribution in [3.8, 4) is 28.1 Å². The van der Waals surface area contributed by atoms with Crippen LogP contribution >= 0.6 is 0 Å². The van der Waals surface area contributed by atoms with E-state index in [1.165, 1.54) is 21.3 Å². The van der Waals surface area contributed by atoms with Crippen molar-refractivity contribution in [3.05, 3.63) is 65.6 Å². The Balaban J connectivity index is 1.02. The van der Waals surface area contributed by atoms with Crippen molar-refractivity contribution < 1.29 is 38.1 Å². The summed E-state index contributed by atoms with van der Waals surface area (Å²) >= 11 is 0. The van der Waals surface area contributed by atoms with Crippen molar-refractivity contribution in [1.29, 1.82) is 0 Å². The molecule has 3 N–H and O–H groups in total. The SMILES string of the molecule is CC[C@H]1C[C@@H](C2=Nc3ccc4cc5c(cc4c3C2)OCc2cc(-c3cnc([C@@H]4CC[C@H](C)N4C(=O)[C@@H](NC(=O)OC)C(C)C)[nH]3)ccc2-5)N(C(=O)[C@@H](NC(=O)OC)[C@@H](C)OC)C1. The minimum absolute atomic E-state index is 0.0159.